The molecule has 4 heteroatoms. The van der Waals surface area contributed by atoms with Crippen molar-refractivity contribution in [1.29, 1.82) is 0 Å². The first-order valence-corrected chi connectivity index (χ1v) is 23.3. The topological polar surface area (TPSA) is 42.1 Å². The molecule has 3 aliphatic carbocycles. The summed E-state index contributed by atoms with van der Waals surface area (Å²) in [5, 5.41) is 12.6. The first-order chi connectivity index (χ1) is 32.0. The van der Waals surface area contributed by atoms with E-state index in [2.05, 4.69) is 229 Å². The van der Waals surface area contributed by atoms with E-state index >= 15 is 0 Å². The van der Waals surface area contributed by atoms with E-state index in [0.29, 0.717) is 5.92 Å². The Morgan fingerprint density at radius 3 is 2.32 bits per heavy atom. The van der Waals surface area contributed by atoms with Gasteiger partial charge in [0.25, 0.3) is 0 Å². The number of fused-ring (bicyclic) bond motifs is 16. The fourth-order valence-electron chi connectivity index (χ4n) is 12.7. The van der Waals surface area contributed by atoms with Gasteiger partial charge in [-0.2, -0.15) is 0 Å². The Balaban J connectivity index is 1.09. The molecule has 2 N–H and O–H groups in total. The molecular formula is C61H47N3O. The number of hydrogen-bond acceptors (Lipinski definition) is 3. The molecule has 6 unspecified atom stereocenters. The van der Waals surface area contributed by atoms with E-state index in [4.69, 9.17) is 4.42 Å². The number of nitrogens with zero attached hydrogens (tertiary/aromatic N) is 1. The summed E-state index contributed by atoms with van der Waals surface area (Å²) in [5.74, 6) is 0.741. The van der Waals surface area contributed by atoms with Crippen LogP contribution in [0.2, 0.25) is 0 Å². The molecule has 2 aliphatic heterocycles. The zero-order valence-electron chi connectivity index (χ0n) is 36.4. The molecule has 5 aliphatic rings. The van der Waals surface area contributed by atoms with Crippen LogP contribution in [0.5, 0.6) is 0 Å². The Morgan fingerprint density at radius 1 is 0.677 bits per heavy atom. The number of hydrogen-bond donors (Lipinski definition) is 2. The molecule has 1 spiro atoms. The molecule has 0 bridgehead atoms. The second-order valence-corrected chi connectivity index (χ2v) is 19.1. The van der Waals surface area contributed by atoms with Crippen molar-refractivity contribution >= 4 is 43.7 Å². The van der Waals surface area contributed by atoms with E-state index in [1.165, 1.54) is 61.1 Å². The summed E-state index contributed by atoms with van der Waals surface area (Å²) in [6.45, 7) is 4.79. The van der Waals surface area contributed by atoms with Crippen molar-refractivity contribution in [3.8, 4) is 16.8 Å². The second kappa shape index (κ2) is 13.6. The van der Waals surface area contributed by atoms with Crippen LogP contribution in [-0.4, -0.2) is 4.57 Å². The molecule has 0 fully saturated rings. The fraction of sp³-hybridized carbons (Fsp3) is 0.148. The smallest absolute Gasteiger partial charge is 0.145 e. The van der Waals surface area contributed by atoms with Gasteiger partial charge in [0, 0.05) is 38.8 Å². The van der Waals surface area contributed by atoms with Gasteiger partial charge in [0.2, 0.25) is 0 Å². The number of nitrogens with one attached hydrogen (secondary N) is 2. The standard InChI is InChI=1S/C61H47N3O/c1-37-27-29-40(30-28-37)52-36-51(39-18-7-4-8-19-39)62-59(63-52)41-31-32-53-46(34-41)55-56-50(35-45-43-22-15-21-42(57(43)65-58(45)55)38-16-5-3-6-17-38)61(49-25-11-12-26-54(49)64(53)56)48-24-10-9-20-44(48)47-23-13-14-33-60(47,61)2/h3-27,29-37,47,51,59,62-63H,28H2,1-2H3. The van der Waals surface area contributed by atoms with Gasteiger partial charge in [0.05, 0.1) is 33.6 Å². The molecule has 65 heavy (non-hydrogen) atoms. The highest BCUT2D eigenvalue weighted by molar-refractivity contribution is 6.26. The molecule has 4 heterocycles. The fourth-order valence-corrected chi connectivity index (χ4v) is 12.7. The SMILES string of the molecule is CC1C=CC(C2=CC(c3ccccc3)NC(c3ccc4c(c3)c3c5oc6c(-c7ccccc7)cccc6c5cc5c3n4-c3ccccc3C53c4ccccc4C4C=CC=CC43C)N2)=CC1. The third kappa shape index (κ3) is 4.95. The van der Waals surface area contributed by atoms with Crippen LogP contribution in [-0.2, 0) is 5.41 Å². The largest absolute Gasteiger partial charge is 0.455 e. The highest BCUT2D eigenvalue weighted by Gasteiger charge is 2.63. The molecule has 7 aromatic carbocycles. The minimum absolute atomic E-state index is 0.0239. The highest BCUT2D eigenvalue weighted by atomic mass is 16.3. The molecule has 312 valence electrons. The molecule has 6 atom stereocenters. The van der Waals surface area contributed by atoms with E-state index in [1.807, 2.05) is 0 Å². The van der Waals surface area contributed by atoms with Crippen LogP contribution in [0.1, 0.15) is 71.8 Å². The van der Waals surface area contributed by atoms with E-state index in [1.54, 1.807) is 0 Å². The van der Waals surface area contributed by atoms with Crippen molar-refractivity contribution < 1.29 is 4.42 Å². The molecular weight excluding hydrogens is 791 g/mol. The van der Waals surface area contributed by atoms with Crippen LogP contribution in [0.25, 0.3) is 60.6 Å². The van der Waals surface area contributed by atoms with Crippen LogP contribution in [0.3, 0.4) is 0 Å². The second-order valence-electron chi connectivity index (χ2n) is 19.1. The van der Waals surface area contributed by atoms with E-state index in [9.17, 15) is 0 Å². The first kappa shape index (κ1) is 37.0. The van der Waals surface area contributed by atoms with Gasteiger partial charge < -0.3 is 14.3 Å². The van der Waals surface area contributed by atoms with Crippen molar-refractivity contribution in [1.82, 2.24) is 15.2 Å². The van der Waals surface area contributed by atoms with Gasteiger partial charge in [-0.3, -0.25) is 5.32 Å². The lowest BCUT2D eigenvalue weighted by atomic mass is 9.53. The third-order valence-electron chi connectivity index (χ3n) is 15.7. The van der Waals surface area contributed by atoms with Crippen molar-refractivity contribution in [2.45, 2.75) is 43.8 Å². The monoisotopic (exact) mass is 837 g/mol. The molecule has 2 aromatic heterocycles. The summed E-state index contributed by atoms with van der Waals surface area (Å²) in [5.41, 5.74) is 17.2. The molecule has 9 aromatic rings. The van der Waals surface area contributed by atoms with Crippen molar-refractivity contribution in [2.75, 3.05) is 0 Å². The van der Waals surface area contributed by atoms with Crippen LogP contribution in [0.15, 0.2) is 216 Å². The van der Waals surface area contributed by atoms with Crippen molar-refractivity contribution in [3.63, 3.8) is 0 Å². The third-order valence-corrected chi connectivity index (χ3v) is 15.7. The van der Waals surface area contributed by atoms with Gasteiger partial charge in [0.1, 0.15) is 17.3 Å². The summed E-state index contributed by atoms with van der Waals surface area (Å²) in [4.78, 5) is 0. The lowest BCUT2D eigenvalue weighted by Crippen LogP contribution is -2.45. The van der Waals surface area contributed by atoms with Gasteiger partial charge in [-0.1, -0.05) is 184 Å². The van der Waals surface area contributed by atoms with Gasteiger partial charge in [-0.25, -0.2) is 0 Å². The minimum Gasteiger partial charge on any atom is -0.455 e. The number of rotatable bonds is 4. The zero-order chi connectivity index (χ0) is 43.0. The Kier molecular flexibility index (Phi) is 7.72. The number of aromatic nitrogens is 1. The number of benzene rings is 7. The summed E-state index contributed by atoms with van der Waals surface area (Å²) >= 11 is 0. The van der Waals surface area contributed by atoms with Crippen LogP contribution < -0.4 is 10.6 Å². The van der Waals surface area contributed by atoms with Crippen LogP contribution in [0, 0.1) is 11.3 Å². The lowest BCUT2D eigenvalue weighted by Gasteiger charge is -2.49. The van der Waals surface area contributed by atoms with E-state index in [-0.39, 0.29) is 23.5 Å². The average molecular weight is 838 g/mol. The Morgan fingerprint density at radius 2 is 1.48 bits per heavy atom. The van der Waals surface area contributed by atoms with Gasteiger partial charge in [-0.05, 0) is 87.2 Å². The predicted molar refractivity (Wildman–Crippen MR) is 266 cm³/mol. The lowest BCUT2D eigenvalue weighted by molar-refractivity contribution is 0.288. The Hall–Kier alpha value is -7.40. The molecule has 0 amide bonds. The Labute approximate surface area is 378 Å². The van der Waals surface area contributed by atoms with Crippen LogP contribution >= 0.6 is 0 Å². The maximum atomic E-state index is 7.41. The van der Waals surface area contributed by atoms with E-state index < -0.39 is 5.41 Å². The average Bonchev–Trinajstić information content (AvgIpc) is 3.98. The summed E-state index contributed by atoms with van der Waals surface area (Å²) in [6, 6.07) is 56.4. The quantitative estimate of drug-likeness (QED) is 0.186. The molecule has 0 saturated heterocycles. The highest BCUT2D eigenvalue weighted by Crippen LogP contribution is 2.70. The summed E-state index contributed by atoms with van der Waals surface area (Å²) in [6.07, 6.45) is 19.7. The summed E-state index contributed by atoms with van der Waals surface area (Å²) < 4.78 is 9.97. The zero-order valence-corrected chi connectivity index (χ0v) is 36.4. The van der Waals surface area contributed by atoms with Gasteiger partial charge in [-0.15, -0.1) is 0 Å². The van der Waals surface area contributed by atoms with Crippen LogP contribution in [0.4, 0.5) is 0 Å². The first-order valence-electron chi connectivity index (χ1n) is 23.3. The number of furan rings is 1. The maximum absolute atomic E-state index is 7.41. The van der Waals surface area contributed by atoms with Crippen molar-refractivity contribution in [3.05, 3.63) is 245 Å². The predicted octanol–water partition coefficient (Wildman–Crippen LogP) is 14.6. The molecule has 0 saturated carbocycles. The number of para-hydroxylation sites is 2. The Bertz CT molecular complexity index is 3640. The maximum Gasteiger partial charge on any atom is 0.145 e. The van der Waals surface area contributed by atoms with Crippen molar-refractivity contribution in [2.24, 2.45) is 11.3 Å². The van der Waals surface area contributed by atoms with Gasteiger partial charge in [0.15, 0.2) is 0 Å². The number of allylic oxidation sites excluding steroid dienone is 7. The van der Waals surface area contributed by atoms with Gasteiger partial charge >= 0.3 is 0 Å². The minimum atomic E-state index is -0.500. The van der Waals surface area contributed by atoms with E-state index in [0.717, 1.165) is 50.6 Å². The molecule has 4 nitrogen and oxygen atoms in total. The molecule has 0 radical (unpaired) electrons. The molecule has 14 rings (SSSR count). The normalized spacial score (nSPS) is 24.9. The summed E-state index contributed by atoms with van der Waals surface area (Å²) in [7, 11) is 0.